The third-order valence-electron chi connectivity index (χ3n) is 11.7. The summed E-state index contributed by atoms with van der Waals surface area (Å²) in [7, 11) is -3.97. The molecule has 3 aliphatic rings. The molecular formula is C43H35BNO3P. The van der Waals surface area contributed by atoms with Crippen molar-refractivity contribution in [2.75, 3.05) is 0 Å². The summed E-state index contributed by atoms with van der Waals surface area (Å²) in [5.41, 5.74) is 7.11. The highest BCUT2D eigenvalue weighted by Crippen LogP contribution is 2.60. The lowest BCUT2D eigenvalue weighted by Crippen LogP contribution is -2.50. The van der Waals surface area contributed by atoms with Crippen LogP contribution >= 0.6 is 7.14 Å². The number of para-hydroxylation sites is 3. The van der Waals surface area contributed by atoms with Crippen LogP contribution in [0.5, 0.6) is 0 Å². The Hall–Kier alpha value is -4.67. The predicted octanol–water partition coefficient (Wildman–Crippen LogP) is 7.73. The average molecular weight is 656 g/mol. The van der Waals surface area contributed by atoms with Crippen LogP contribution in [0.3, 0.4) is 0 Å². The van der Waals surface area contributed by atoms with Crippen molar-refractivity contribution in [2.24, 2.45) is 0 Å². The van der Waals surface area contributed by atoms with Gasteiger partial charge in [0.2, 0.25) is 0 Å². The molecule has 3 aliphatic heterocycles. The lowest BCUT2D eigenvalue weighted by Gasteiger charge is -2.47. The molecule has 6 aromatic carbocycles. The molecule has 0 N–H and O–H groups in total. The van der Waals surface area contributed by atoms with Gasteiger partial charge in [-0.05, 0) is 67.5 Å². The Morgan fingerprint density at radius 3 is 1.98 bits per heavy atom. The minimum Gasteiger partial charge on any atom is -0.399 e. The van der Waals surface area contributed by atoms with E-state index in [1.54, 1.807) is 0 Å². The molecule has 238 valence electrons. The fourth-order valence-electron chi connectivity index (χ4n) is 8.79. The van der Waals surface area contributed by atoms with Crippen molar-refractivity contribution in [3.8, 4) is 5.69 Å². The Morgan fingerprint density at radius 1 is 0.571 bits per heavy atom. The first-order valence-electron chi connectivity index (χ1n) is 17.1. The van der Waals surface area contributed by atoms with Gasteiger partial charge in [-0.3, -0.25) is 0 Å². The molecule has 7 aromatic rings. The van der Waals surface area contributed by atoms with E-state index < -0.39 is 30.9 Å². The molecule has 49 heavy (non-hydrogen) atoms. The second-order valence-electron chi connectivity index (χ2n) is 14.6. The van der Waals surface area contributed by atoms with E-state index in [9.17, 15) is 0 Å². The highest BCUT2D eigenvalue weighted by atomic mass is 31.2. The van der Waals surface area contributed by atoms with Gasteiger partial charge < -0.3 is 18.4 Å². The number of fused-ring (bicyclic) bond motifs is 11. The molecule has 4 heterocycles. The molecule has 0 bridgehead atoms. The molecule has 6 heteroatoms. The van der Waals surface area contributed by atoms with Crippen LogP contribution in [-0.4, -0.2) is 22.9 Å². The van der Waals surface area contributed by atoms with Crippen molar-refractivity contribution >= 4 is 57.4 Å². The van der Waals surface area contributed by atoms with Gasteiger partial charge in [0.25, 0.3) is 0 Å². The number of benzene rings is 6. The summed E-state index contributed by atoms with van der Waals surface area (Å²) in [5.74, 6) is 0. The molecule has 1 spiro atoms. The monoisotopic (exact) mass is 655 g/mol. The van der Waals surface area contributed by atoms with Crippen molar-refractivity contribution in [3.63, 3.8) is 0 Å². The van der Waals surface area contributed by atoms with Gasteiger partial charge in [-0.15, -0.1) is 0 Å². The quantitative estimate of drug-likeness (QED) is 0.141. The molecule has 10 rings (SSSR count). The zero-order valence-corrected chi connectivity index (χ0v) is 28.9. The van der Waals surface area contributed by atoms with Crippen LogP contribution in [0, 0.1) is 0 Å². The van der Waals surface area contributed by atoms with E-state index in [0.29, 0.717) is 0 Å². The van der Waals surface area contributed by atoms with Crippen LogP contribution in [0.1, 0.15) is 49.9 Å². The minimum absolute atomic E-state index is 0.504. The van der Waals surface area contributed by atoms with E-state index in [-0.39, 0.29) is 0 Å². The fourth-order valence-corrected chi connectivity index (χ4v) is 12.0. The Morgan fingerprint density at radius 2 is 1.18 bits per heavy atom. The largest absolute Gasteiger partial charge is 0.494 e. The van der Waals surface area contributed by atoms with Gasteiger partial charge in [-0.2, -0.15) is 0 Å². The average Bonchev–Trinajstić information content (AvgIpc) is 3.58. The highest BCUT2D eigenvalue weighted by Gasteiger charge is 2.56. The Balaban J connectivity index is 1.38. The molecule has 0 amide bonds. The Labute approximate surface area is 286 Å². The summed E-state index contributed by atoms with van der Waals surface area (Å²) in [4.78, 5) is 0. The second kappa shape index (κ2) is 9.73. The van der Waals surface area contributed by atoms with Gasteiger partial charge >= 0.3 is 7.12 Å². The van der Waals surface area contributed by atoms with Gasteiger partial charge in [0.1, 0.15) is 0 Å². The van der Waals surface area contributed by atoms with E-state index in [0.717, 1.165) is 38.2 Å². The Kier molecular flexibility index (Phi) is 5.81. The second-order valence-corrected chi connectivity index (χ2v) is 17.3. The zero-order valence-electron chi connectivity index (χ0n) is 28.0. The molecule has 4 nitrogen and oxygen atoms in total. The fraction of sp³-hybridized carbons (Fsp3) is 0.163. The number of hydrogen-bond donors (Lipinski definition) is 0. The normalized spacial score (nSPS) is 22.7. The van der Waals surface area contributed by atoms with Crippen LogP contribution < -0.4 is 21.4 Å². The van der Waals surface area contributed by atoms with Crippen molar-refractivity contribution in [2.45, 2.75) is 44.3 Å². The first-order chi connectivity index (χ1) is 23.7. The van der Waals surface area contributed by atoms with Gasteiger partial charge in [-0.1, -0.05) is 127 Å². The van der Waals surface area contributed by atoms with Crippen LogP contribution in [0.4, 0.5) is 0 Å². The minimum atomic E-state index is -3.39. The van der Waals surface area contributed by atoms with Gasteiger partial charge in [0.05, 0.1) is 33.3 Å². The SMILES string of the molecule is CC1(C)OB(c2ccc3c(c2)P(=O)(c2ccccc2)c2ccccc2C32c3ccccc3-n3c4ccccc4c4cccc2c43)OC1(C)C. The number of hydrogen-bond acceptors (Lipinski definition) is 3. The lowest BCUT2D eigenvalue weighted by atomic mass is 9.62. The summed E-state index contributed by atoms with van der Waals surface area (Å²) in [6.07, 6.45) is 0. The van der Waals surface area contributed by atoms with Crippen molar-refractivity contribution in [1.29, 1.82) is 0 Å². The van der Waals surface area contributed by atoms with Gasteiger partial charge in [-0.25, -0.2) is 0 Å². The van der Waals surface area contributed by atoms with E-state index in [1.807, 2.05) is 36.4 Å². The summed E-state index contributed by atoms with van der Waals surface area (Å²) < 4.78 is 32.0. The molecule has 2 unspecified atom stereocenters. The van der Waals surface area contributed by atoms with E-state index in [1.165, 1.54) is 32.9 Å². The first kappa shape index (κ1) is 29.3. The molecular weight excluding hydrogens is 620 g/mol. The van der Waals surface area contributed by atoms with E-state index in [4.69, 9.17) is 9.31 Å². The molecule has 0 radical (unpaired) electrons. The van der Waals surface area contributed by atoms with Crippen molar-refractivity contribution in [3.05, 3.63) is 162 Å². The van der Waals surface area contributed by atoms with E-state index >= 15 is 4.57 Å². The first-order valence-corrected chi connectivity index (χ1v) is 18.8. The summed E-state index contributed by atoms with van der Waals surface area (Å²) in [6, 6.07) is 49.2. The van der Waals surface area contributed by atoms with Crippen LogP contribution in [0.15, 0.2) is 140 Å². The maximum Gasteiger partial charge on any atom is 0.494 e. The van der Waals surface area contributed by atoms with Gasteiger partial charge in [0.15, 0.2) is 7.14 Å². The summed E-state index contributed by atoms with van der Waals surface area (Å²) in [5, 5.41) is 4.96. The highest BCUT2D eigenvalue weighted by molar-refractivity contribution is 7.85. The van der Waals surface area contributed by atoms with E-state index in [2.05, 4.69) is 135 Å². The maximum absolute atomic E-state index is 16.4. The Bertz CT molecular complexity index is 2550. The smallest absolute Gasteiger partial charge is 0.399 e. The molecule has 1 aromatic heterocycles. The third-order valence-corrected chi connectivity index (χ3v) is 14.8. The molecule has 1 fully saturated rings. The number of rotatable bonds is 2. The maximum atomic E-state index is 16.4. The standard InChI is InChI=1S/C43H35BNO3P/c1-41(2)42(3,4)48-44(47-41)28-25-26-34-39(27-28)49(46,29-15-6-5-7-16-29)38-24-13-10-20-33(38)43(34)32-19-9-12-23-37(32)45-36-22-11-8-17-30(36)31-18-14-21-35(43)40(31)45/h5-27H,1-4H3. The van der Waals surface area contributed by atoms with Crippen molar-refractivity contribution in [1.82, 2.24) is 4.57 Å². The lowest BCUT2D eigenvalue weighted by molar-refractivity contribution is 0.00578. The zero-order chi connectivity index (χ0) is 33.3. The molecule has 0 saturated carbocycles. The molecule has 0 aliphatic carbocycles. The van der Waals surface area contributed by atoms with Crippen molar-refractivity contribution < 1.29 is 13.9 Å². The topological polar surface area (TPSA) is 40.5 Å². The third kappa shape index (κ3) is 3.55. The molecule has 1 saturated heterocycles. The summed E-state index contributed by atoms with van der Waals surface area (Å²) >= 11 is 0. The predicted molar refractivity (Wildman–Crippen MR) is 201 cm³/mol. The van der Waals surface area contributed by atoms with Gasteiger partial charge in [0, 0.05) is 26.7 Å². The summed E-state index contributed by atoms with van der Waals surface area (Å²) in [6.45, 7) is 8.29. The van der Waals surface area contributed by atoms with Crippen LogP contribution in [0.2, 0.25) is 0 Å². The molecule has 2 atom stereocenters. The number of nitrogens with zero attached hydrogens (tertiary/aromatic N) is 1. The number of aromatic nitrogens is 1. The van der Waals surface area contributed by atoms with Crippen LogP contribution in [-0.2, 0) is 19.3 Å². The van der Waals surface area contributed by atoms with Crippen LogP contribution in [0.25, 0.3) is 27.5 Å².